The van der Waals surface area contributed by atoms with Gasteiger partial charge in [-0.05, 0) is 76.1 Å². The van der Waals surface area contributed by atoms with Crippen LogP contribution in [0.3, 0.4) is 0 Å². The molecule has 190 valence electrons. The Labute approximate surface area is 224 Å². The van der Waals surface area contributed by atoms with E-state index < -0.39 is 16.1 Å². The highest BCUT2D eigenvalue weighted by Gasteiger charge is 2.36. The van der Waals surface area contributed by atoms with Gasteiger partial charge in [0.25, 0.3) is 16.8 Å². The van der Waals surface area contributed by atoms with E-state index in [2.05, 4.69) is 15.9 Å². The third-order valence-corrected chi connectivity index (χ3v) is 6.81. The fourth-order valence-electron chi connectivity index (χ4n) is 3.59. The molecule has 1 aliphatic heterocycles. The van der Waals surface area contributed by atoms with Crippen molar-refractivity contribution in [3.8, 4) is 11.5 Å². The van der Waals surface area contributed by atoms with Crippen molar-refractivity contribution in [1.29, 1.82) is 0 Å². The Morgan fingerprint density at radius 2 is 1.84 bits per heavy atom. The van der Waals surface area contributed by atoms with E-state index in [1.165, 1.54) is 30.3 Å². The third kappa shape index (κ3) is 6.17. The van der Waals surface area contributed by atoms with Gasteiger partial charge in [-0.1, -0.05) is 30.3 Å². The number of nitro groups is 1. The van der Waals surface area contributed by atoms with Crippen molar-refractivity contribution in [2.75, 3.05) is 6.61 Å². The molecule has 2 amide bonds. The number of hydrogen-bond donors (Lipinski definition) is 0. The van der Waals surface area contributed by atoms with Crippen molar-refractivity contribution < 1.29 is 28.4 Å². The van der Waals surface area contributed by atoms with Crippen LogP contribution in [0.25, 0.3) is 6.08 Å². The molecule has 0 spiro atoms. The predicted octanol–water partition coefficient (Wildman–Crippen LogP) is 6.71. The summed E-state index contributed by atoms with van der Waals surface area (Å²) in [5.41, 5.74) is 1.46. The Morgan fingerprint density at radius 1 is 1.11 bits per heavy atom. The lowest BCUT2D eigenvalue weighted by molar-refractivity contribution is -0.385. The summed E-state index contributed by atoms with van der Waals surface area (Å²) >= 11 is 4.24. The first-order chi connectivity index (χ1) is 17.8. The Kier molecular flexibility index (Phi) is 8.24. The van der Waals surface area contributed by atoms with Gasteiger partial charge in [-0.3, -0.25) is 24.6 Å². The molecule has 0 aromatic heterocycles. The molecule has 0 atom stereocenters. The second-order valence-corrected chi connectivity index (χ2v) is 9.68. The first kappa shape index (κ1) is 26.4. The molecular weight excluding hydrogens is 567 g/mol. The number of ether oxygens (including phenoxy) is 2. The first-order valence-corrected chi connectivity index (χ1v) is 12.7. The Morgan fingerprint density at radius 3 is 2.54 bits per heavy atom. The highest BCUT2D eigenvalue weighted by atomic mass is 79.9. The summed E-state index contributed by atoms with van der Waals surface area (Å²) in [5, 5.41) is 10.8. The number of hydrogen-bond acceptors (Lipinski definition) is 7. The van der Waals surface area contributed by atoms with E-state index in [0.717, 1.165) is 22.2 Å². The van der Waals surface area contributed by atoms with Crippen LogP contribution in [-0.2, 0) is 17.9 Å². The minimum atomic E-state index is -0.545. The number of thioether (sulfide) groups is 1. The number of carbonyl (C=O) groups is 2. The zero-order chi connectivity index (χ0) is 26.5. The maximum atomic E-state index is 13.2. The van der Waals surface area contributed by atoms with Gasteiger partial charge in [0, 0.05) is 11.6 Å². The minimum Gasteiger partial charge on any atom is -0.490 e. The van der Waals surface area contributed by atoms with Crippen molar-refractivity contribution in [3.63, 3.8) is 0 Å². The molecule has 1 fully saturated rings. The number of nitro benzene ring substituents is 1. The zero-order valence-corrected chi connectivity index (χ0v) is 21.9. The number of halogens is 2. The highest BCUT2D eigenvalue weighted by Crippen LogP contribution is 2.40. The molecule has 0 unspecified atom stereocenters. The quantitative estimate of drug-likeness (QED) is 0.156. The first-order valence-electron chi connectivity index (χ1n) is 11.1. The molecule has 0 bridgehead atoms. The molecule has 0 radical (unpaired) electrons. The van der Waals surface area contributed by atoms with Gasteiger partial charge in [-0.2, -0.15) is 0 Å². The summed E-state index contributed by atoms with van der Waals surface area (Å²) in [5.74, 6) is -0.0215. The maximum Gasteiger partial charge on any atom is 0.293 e. The van der Waals surface area contributed by atoms with Gasteiger partial charge in [-0.25, -0.2) is 4.39 Å². The van der Waals surface area contributed by atoms with Crippen molar-refractivity contribution >= 4 is 50.6 Å². The predicted molar refractivity (Wildman–Crippen MR) is 141 cm³/mol. The van der Waals surface area contributed by atoms with Crippen LogP contribution in [0.2, 0.25) is 0 Å². The molecule has 0 aliphatic carbocycles. The van der Waals surface area contributed by atoms with Crippen molar-refractivity contribution in [2.24, 2.45) is 0 Å². The lowest BCUT2D eigenvalue weighted by atomic mass is 10.1. The van der Waals surface area contributed by atoms with Crippen molar-refractivity contribution in [3.05, 3.63) is 103 Å². The van der Waals surface area contributed by atoms with Crippen LogP contribution in [0.5, 0.6) is 11.5 Å². The van der Waals surface area contributed by atoms with E-state index in [4.69, 9.17) is 9.47 Å². The molecule has 1 saturated heterocycles. The van der Waals surface area contributed by atoms with Crippen LogP contribution in [0, 0.1) is 15.9 Å². The van der Waals surface area contributed by atoms with Crippen LogP contribution in [-0.4, -0.2) is 27.6 Å². The van der Waals surface area contributed by atoms with E-state index in [9.17, 15) is 24.1 Å². The summed E-state index contributed by atoms with van der Waals surface area (Å²) in [6, 6.07) is 15.3. The van der Waals surface area contributed by atoms with Crippen LogP contribution in [0.1, 0.15) is 23.6 Å². The van der Waals surface area contributed by atoms with Gasteiger partial charge >= 0.3 is 0 Å². The largest absolute Gasteiger partial charge is 0.490 e. The SMILES string of the molecule is CCOc1cc(C=C2SC(=O)N(Cc3ccccc3[N+](=O)[O-])C2=O)cc(Br)c1OCc1ccc(F)cc1. The fourth-order valence-corrected chi connectivity index (χ4v) is 5.00. The van der Waals surface area contributed by atoms with E-state index in [-0.39, 0.29) is 35.1 Å². The van der Waals surface area contributed by atoms with E-state index in [1.807, 2.05) is 6.92 Å². The molecule has 3 aromatic rings. The van der Waals surface area contributed by atoms with Crippen LogP contribution in [0.4, 0.5) is 14.9 Å². The zero-order valence-electron chi connectivity index (χ0n) is 19.5. The average molecular weight is 587 g/mol. The van der Waals surface area contributed by atoms with Crippen LogP contribution < -0.4 is 9.47 Å². The number of imide groups is 1. The second kappa shape index (κ2) is 11.6. The summed E-state index contributed by atoms with van der Waals surface area (Å²) in [6.07, 6.45) is 1.56. The minimum absolute atomic E-state index is 0.160. The van der Waals surface area contributed by atoms with E-state index in [1.54, 1.807) is 36.4 Å². The Bertz CT molecular complexity index is 1400. The standard InChI is InChI=1S/C26H20BrFN2O6S/c1-2-35-22-12-17(11-20(27)24(22)36-15-16-7-9-19(28)10-8-16)13-23-25(31)29(26(32)37-23)14-18-5-3-4-6-21(18)30(33)34/h3-13H,2,14-15H2,1H3. The molecule has 0 N–H and O–H groups in total. The van der Waals surface area contributed by atoms with Gasteiger partial charge in [0.1, 0.15) is 12.4 Å². The molecule has 1 aliphatic rings. The lowest BCUT2D eigenvalue weighted by Crippen LogP contribution is -2.27. The Balaban J connectivity index is 1.56. The second-order valence-electron chi connectivity index (χ2n) is 7.83. The topological polar surface area (TPSA) is 99.0 Å². The number of benzene rings is 3. The fraction of sp³-hybridized carbons (Fsp3) is 0.154. The average Bonchev–Trinajstić information content (AvgIpc) is 3.12. The number of rotatable bonds is 9. The summed E-state index contributed by atoms with van der Waals surface area (Å²) < 4.78 is 25.4. The normalized spacial score (nSPS) is 14.4. The summed E-state index contributed by atoms with van der Waals surface area (Å²) in [6.45, 7) is 2.15. The monoisotopic (exact) mass is 586 g/mol. The number of para-hydroxylation sites is 1. The molecule has 8 nitrogen and oxygen atoms in total. The molecule has 37 heavy (non-hydrogen) atoms. The Hall–Kier alpha value is -3.70. The molecule has 11 heteroatoms. The smallest absolute Gasteiger partial charge is 0.293 e. The van der Waals surface area contributed by atoms with Gasteiger partial charge in [0.15, 0.2) is 11.5 Å². The van der Waals surface area contributed by atoms with Crippen LogP contribution in [0.15, 0.2) is 70.0 Å². The molecule has 4 rings (SSSR count). The maximum absolute atomic E-state index is 13.2. The van der Waals surface area contributed by atoms with Gasteiger partial charge < -0.3 is 9.47 Å². The van der Waals surface area contributed by atoms with E-state index in [0.29, 0.717) is 28.1 Å². The van der Waals surface area contributed by atoms with Crippen LogP contribution >= 0.6 is 27.7 Å². The molecule has 3 aromatic carbocycles. The van der Waals surface area contributed by atoms with Gasteiger partial charge in [0.2, 0.25) is 0 Å². The number of nitrogens with zero attached hydrogens (tertiary/aromatic N) is 2. The molecule has 0 saturated carbocycles. The number of carbonyl (C=O) groups excluding carboxylic acids is 2. The number of amides is 2. The van der Waals surface area contributed by atoms with Crippen molar-refractivity contribution in [2.45, 2.75) is 20.1 Å². The summed E-state index contributed by atoms with van der Waals surface area (Å²) in [4.78, 5) is 37.5. The highest BCUT2D eigenvalue weighted by molar-refractivity contribution is 9.10. The lowest BCUT2D eigenvalue weighted by Gasteiger charge is -2.15. The van der Waals surface area contributed by atoms with Gasteiger partial charge in [0.05, 0.1) is 27.5 Å². The molecule has 1 heterocycles. The van der Waals surface area contributed by atoms with E-state index >= 15 is 0 Å². The third-order valence-electron chi connectivity index (χ3n) is 5.32. The van der Waals surface area contributed by atoms with Gasteiger partial charge in [-0.15, -0.1) is 0 Å². The molecular formula is C26H20BrFN2O6S. The summed E-state index contributed by atoms with van der Waals surface area (Å²) in [7, 11) is 0. The van der Waals surface area contributed by atoms with Crippen molar-refractivity contribution in [1.82, 2.24) is 4.90 Å².